The Morgan fingerprint density at radius 1 is 0.720 bits per heavy atom. The summed E-state index contributed by atoms with van der Waals surface area (Å²) in [6, 6.07) is 19.7. The molecule has 5 heteroatoms. The molecule has 25 heavy (non-hydrogen) atoms. The van der Waals surface area contributed by atoms with Crippen molar-refractivity contribution in [2.24, 2.45) is 0 Å². The minimum Gasteiger partial charge on any atom is -0.322 e. The first-order valence-corrected chi connectivity index (χ1v) is 7.97. The van der Waals surface area contributed by atoms with Crippen molar-refractivity contribution < 1.29 is 9.59 Å². The predicted molar refractivity (Wildman–Crippen MR) is 98.4 cm³/mol. The van der Waals surface area contributed by atoms with Crippen molar-refractivity contribution in [3.05, 3.63) is 89.2 Å². The summed E-state index contributed by atoms with van der Waals surface area (Å²) in [6.07, 6.45) is 0. The number of anilines is 1. The number of amides is 2. The van der Waals surface area contributed by atoms with E-state index < -0.39 is 0 Å². The van der Waals surface area contributed by atoms with Gasteiger partial charge in [0.25, 0.3) is 11.8 Å². The minimum absolute atomic E-state index is 0.184. The van der Waals surface area contributed by atoms with Crippen LogP contribution in [-0.4, -0.2) is 16.5 Å². The third-order valence-corrected chi connectivity index (χ3v) is 3.93. The molecule has 2 N–H and O–H groups in total. The van der Waals surface area contributed by atoms with Crippen molar-refractivity contribution in [3.63, 3.8) is 0 Å². The molecule has 0 bridgehead atoms. The van der Waals surface area contributed by atoms with Crippen LogP contribution in [0.5, 0.6) is 0 Å². The molecule has 3 rings (SSSR count). The van der Waals surface area contributed by atoms with Gasteiger partial charge >= 0.3 is 0 Å². The molecule has 2 amide bonds. The largest absolute Gasteiger partial charge is 0.322 e. The first kappa shape index (κ1) is 16.5. The molecule has 0 spiro atoms. The predicted octanol–water partition coefficient (Wildman–Crippen LogP) is 3.74. The van der Waals surface area contributed by atoms with Gasteiger partial charge in [0, 0.05) is 28.2 Å². The van der Waals surface area contributed by atoms with Gasteiger partial charge in [0.05, 0.1) is 0 Å². The van der Waals surface area contributed by atoms with Crippen LogP contribution < -0.4 is 10.7 Å². The number of carbonyl (C=O) groups excluding carboxylic acids is 2. The van der Waals surface area contributed by atoms with E-state index >= 15 is 0 Å². The van der Waals surface area contributed by atoms with Crippen LogP contribution in [0.15, 0.2) is 66.7 Å². The van der Waals surface area contributed by atoms with Crippen LogP contribution in [0.2, 0.25) is 0 Å². The van der Waals surface area contributed by atoms with Gasteiger partial charge in [-0.3, -0.25) is 19.7 Å². The summed E-state index contributed by atoms with van der Waals surface area (Å²) in [5.74, 6) is -0.389. The molecule has 0 aliphatic rings. The highest BCUT2D eigenvalue weighted by atomic mass is 16.2. The van der Waals surface area contributed by atoms with E-state index in [1.807, 2.05) is 44.2 Å². The summed E-state index contributed by atoms with van der Waals surface area (Å²) in [6.45, 7) is 3.85. The zero-order chi connectivity index (χ0) is 17.8. The van der Waals surface area contributed by atoms with Crippen LogP contribution in [0.3, 0.4) is 0 Å². The summed E-state index contributed by atoms with van der Waals surface area (Å²) in [4.78, 5) is 24.5. The smallest absolute Gasteiger partial charge is 0.270 e. The normalized spacial score (nSPS) is 10.3. The standard InChI is InChI=1S/C20H19N3O2/c1-14-8-9-15(2)23(14)22-20(25)17-10-12-18(13-11-17)21-19(24)16-6-4-3-5-7-16/h3-13H,1-2H3,(H,21,24)(H,22,25). The van der Waals surface area contributed by atoms with Crippen molar-refractivity contribution in [3.8, 4) is 0 Å². The van der Waals surface area contributed by atoms with Gasteiger partial charge in [-0.25, -0.2) is 0 Å². The van der Waals surface area contributed by atoms with Crippen LogP contribution in [-0.2, 0) is 0 Å². The molecular weight excluding hydrogens is 314 g/mol. The van der Waals surface area contributed by atoms with Crippen molar-refractivity contribution >= 4 is 17.5 Å². The number of hydrogen-bond donors (Lipinski definition) is 2. The second kappa shape index (κ2) is 7.05. The fourth-order valence-corrected chi connectivity index (χ4v) is 2.51. The molecule has 1 aromatic heterocycles. The topological polar surface area (TPSA) is 63.1 Å². The Morgan fingerprint density at radius 3 is 1.88 bits per heavy atom. The molecule has 0 fully saturated rings. The van der Waals surface area contributed by atoms with Gasteiger partial charge in [0.2, 0.25) is 0 Å². The van der Waals surface area contributed by atoms with Gasteiger partial charge in [0.1, 0.15) is 0 Å². The van der Waals surface area contributed by atoms with E-state index in [4.69, 9.17) is 0 Å². The number of aromatic nitrogens is 1. The highest BCUT2D eigenvalue weighted by molar-refractivity contribution is 6.05. The van der Waals surface area contributed by atoms with Crippen molar-refractivity contribution in [1.29, 1.82) is 0 Å². The molecule has 2 aromatic carbocycles. The van der Waals surface area contributed by atoms with E-state index in [0.717, 1.165) is 11.4 Å². The maximum atomic E-state index is 12.4. The van der Waals surface area contributed by atoms with Crippen LogP contribution in [0.25, 0.3) is 0 Å². The Bertz CT molecular complexity index is 877. The number of rotatable bonds is 4. The summed E-state index contributed by atoms with van der Waals surface area (Å²) in [7, 11) is 0. The summed E-state index contributed by atoms with van der Waals surface area (Å²) >= 11 is 0. The Kier molecular flexibility index (Phi) is 4.66. The SMILES string of the molecule is Cc1ccc(C)n1NC(=O)c1ccc(NC(=O)c2ccccc2)cc1. The molecule has 0 aliphatic carbocycles. The lowest BCUT2D eigenvalue weighted by atomic mass is 10.1. The maximum absolute atomic E-state index is 12.4. The summed E-state index contributed by atoms with van der Waals surface area (Å²) in [5, 5.41) is 2.81. The fourth-order valence-electron chi connectivity index (χ4n) is 2.51. The monoisotopic (exact) mass is 333 g/mol. The van der Waals surface area contributed by atoms with Crippen LogP contribution in [0, 0.1) is 13.8 Å². The van der Waals surface area contributed by atoms with Crippen LogP contribution in [0.1, 0.15) is 32.1 Å². The molecule has 3 aromatic rings. The quantitative estimate of drug-likeness (QED) is 0.764. The lowest BCUT2D eigenvalue weighted by Crippen LogP contribution is -2.24. The zero-order valence-electron chi connectivity index (χ0n) is 14.1. The Morgan fingerprint density at radius 2 is 1.28 bits per heavy atom. The van der Waals surface area contributed by atoms with E-state index in [-0.39, 0.29) is 11.8 Å². The number of benzene rings is 2. The number of nitrogens with one attached hydrogen (secondary N) is 2. The van der Waals surface area contributed by atoms with Gasteiger partial charge in [0.15, 0.2) is 0 Å². The molecule has 0 unspecified atom stereocenters. The van der Waals surface area contributed by atoms with Gasteiger partial charge in [-0.2, -0.15) is 0 Å². The third kappa shape index (κ3) is 3.77. The van der Waals surface area contributed by atoms with E-state index in [0.29, 0.717) is 16.8 Å². The average molecular weight is 333 g/mol. The second-order valence-corrected chi connectivity index (χ2v) is 5.79. The highest BCUT2D eigenvalue weighted by Crippen LogP contribution is 2.12. The number of nitrogens with zero attached hydrogens (tertiary/aromatic N) is 1. The average Bonchev–Trinajstić information content (AvgIpc) is 2.95. The van der Waals surface area contributed by atoms with E-state index in [2.05, 4.69) is 10.7 Å². The van der Waals surface area contributed by atoms with Gasteiger partial charge in [-0.15, -0.1) is 0 Å². The molecule has 0 atom stereocenters. The number of aryl methyl sites for hydroxylation is 2. The van der Waals surface area contributed by atoms with E-state index in [9.17, 15) is 9.59 Å². The first-order valence-electron chi connectivity index (χ1n) is 7.97. The van der Waals surface area contributed by atoms with Gasteiger partial charge < -0.3 is 5.32 Å². The Balaban J connectivity index is 1.68. The third-order valence-electron chi connectivity index (χ3n) is 3.93. The highest BCUT2D eigenvalue weighted by Gasteiger charge is 2.10. The Hall–Kier alpha value is -3.34. The zero-order valence-corrected chi connectivity index (χ0v) is 14.1. The lowest BCUT2D eigenvalue weighted by Gasteiger charge is -2.11. The molecule has 1 heterocycles. The molecule has 0 saturated carbocycles. The maximum Gasteiger partial charge on any atom is 0.270 e. The summed E-state index contributed by atoms with van der Waals surface area (Å²) in [5.41, 5.74) is 6.51. The fraction of sp³-hybridized carbons (Fsp3) is 0.100. The van der Waals surface area contributed by atoms with E-state index in [1.54, 1.807) is 41.1 Å². The van der Waals surface area contributed by atoms with Crippen molar-refractivity contribution in [2.45, 2.75) is 13.8 Å². The van der Waals surface area contributed by atoms with Crippen molar-refractivity contribution in [1.82, 2.24) is 4.68 Å². The van der Waals surface area contributed by atoms with Gasteiger partial charge in [-0.05, 0) is 62.4 Å². The second-order valence-electron chi connectivity index (χ2n) is 5.79. The van der Waals surface area contributed by atoms with Crippen LogP contribution >= 0.6 is 0 Å². The lowest BCUT2D eigenvalue weighted by molar-refractivity contribution is 0.100. The summed E-state index contributed by atoms with van der Waals surface area (Å²) < 4.78 is 1.74. The Labute approximate surface area is 146 Å². The van der Waals surface area contributed by atoms with E-state index in [1.165, 1.54) is 0 Å². The van der Waals surface area contributed by atoms with Gasteiger partial charge in [-0.1, -0.05) is 18.2 Å². The molecular formula is C20H19N3O2. The number of hydrogen-bond acceptors (Lipinski definition) is 2. The molecule has 0 aliphatic heterocycles. The molecule has 0 radical (unpaired) electrons. The molecule has 5 nitrogen and oxygen atoms in total. The molecule has 0 saturated heterocycles. The number of carbonyl (C=O) groups is 2. The first-order chi connectivity index (χ1) is 12.0. The van der Waals surface area contributed by atoms with Crippen LogP contribution in [0.4, 0.5) is 5.69 Å². The minimum atomic E-state index is -0.205. The molecule has 126 valence electrons. The van der Waals surface area contributed by atoms with Crippen molar-refractivity contribution in [2.75, 3.05) is 10.7 Å².